The van der Waals surface area contributed by atoms with Gasteiger partial charge < -0.3 is 15.0 Å². The number of ether oxygens (including phenoxy) is 1. The van der Waals surface area contributed by atoms with Crippen LogP contribution in [0.15, 0.2) is 83.8 Å². The van der Waals surface area contributed by atoms with Crippen molar-refractivity contribution < 1.29 is 22.7 Å². The number of nitrogens with zero attached hydrogens (tertiary/aromatic N) is 2. The van der Waals surface area contributed by atoms with Crippen molar-refractivity contribution in [3.8, 4) is 5.75 Å². The first kappa shape index (κ1) is 31.4. The molecular formula is C32H38ClN3O5S. The maximum atomic E-state index is 14.2. The SMILES string of the molecule is CCC(C(=O)NC1CCCCC1)N(Cc1ccc(Cl)cc1)C(=O)CN(c1ccccc1OC)S(=O)(=O)c1ccccc1. The van der Waals surface area contributed by atoms with Crippen molar-refractivity contribution in [2.24, 2.45) is 0 Å². The number of amides is 2. The number of hydrogen-bond acceptors (Lipinski definition) is 5. The molecule has 42 heavy (non-hydrogen) atoms. The average Bonchev–Trinajstić information content (AvgIpc) is 3.01. The van der Waals surface area contributed by atoms with Crippen molar-refractivity contribution in [2.75, 3.05) is 18.0 Å². The van der Waals surface area contributed by atoms with E-state index in [1.165, 1.54) is 24.1 Å². The Kier molecular flexibility index (Phi) is 10.9. The molecule has 1 atom stereocenters. The van der Waals surface area contributed by atoms with Gasteiger partial charge in [0, 0.05) is 17.6 Å². The molecule has 3 aromatic carbocycles. The van der Waals surface area contributed by atoms with Crippen LogP contribution >= 0.6 is 11.6 Å². The summed E-state index contributed by atoms with van der Waals surface area (Å²) in [7, 11) is -2.73. The minimum Gasteiger partial charge on any atom is -0.495 e. The molecule has 4 rings (SSSR count). The zero-order valence-electron chi connectivity index (χ0n) is 24.0. The summed E-state index contributed by atoms with van der Waals surface area (Å²) in [5, 5.41) is 3.70. The van der Waals surface area contributed by atoms with Crippen LogP contribution in [0.5, 0.6) is 5.75 Å². The van der Waals surface area contributed by atoms with E-state index < -0.39 is 28.5 Å². The fraction of sp³-hybridized carbons (Fsp3) is 0.375. The van der Waals surface area contributed by atoms with Crippen LogP contribution in [0, 0.1) is 0 Å². The van der Waals surface area contributed by atoms with Crippen molar-refractivity contribution in [1.82, 2.24) is 10.2 Å². The Hall–Kier alpha value is -3.56. The zero-order valence-corrected chi connectivity index (χ0v) is 25.6. The molecule has 1 N–H and O–H groups in total. The number of carbonyl (C=O) groups is 2. The van der Waals surface area contributed by atoms with Crippen molar-refractivity contribution in [3.05, 3.63) is 89.4 Å². The van der Waals surface area contributed by atoms with Crippen LogP contribution in [0.25, 0.3) is 0 Å². The number of nitrogens with one attached hydrogen (secondary N) is 1. The summed E-state index contributed by atoms with van der Waals surface area (Å²) in [6, 6.07) is 20.9. The highest BCUT2D eigenvalue weighted by atomic mass is 35.5. The van der Waals surface area contributed by atoms with Gasteiger partial charge >= 0.3 is 0 Å². The van der Waals surface area contributed by atoms with E-state index in [4.69, 9.17) is 16.3 Å². The van der Waals surface area contributed by atoms with E-state index in [2.05, 4.69) is 5.32 Å². The van der Waals surface area contributed by atoms with Gasteiger partial charge in [0.15, 0.2) is 0 Å². The summed E-state index contributed by atoms with van der Waals surface area (Å²) >= 11 is 6.10. The predicted octanol–water partition coefficient (Wildman–Crippen LogP) is 5.80. The maximum absolute atomic E-state index is 14.2. The van der Waals surface area contributed by atoms with Gasteiger partial charge in [-0.1, -0.05) is 80.3 Å². The molecule has 0 aliphatic heterocycles. The molecule has 0 bridgehead atoms. The first-order valence-electron chi connectivity index (χ1n) is 14.3. The quantitative estimate of drug-likeness (QED) is 0.279. The third kappa shape index (κ3) is 7.63. The molecule has 224 valence electrons. The van der Waals surface area contributed by atoms with Gasteiger partial charge in [0.1, 0.15) is 18.3 Å². The second-order valence-electron chi connectivity index (χ2n) is 10.4. The summed E-state index contributed by atoms with van der Waals surface area (Å²) in [6.07, 6.45) is 5.44. The topological polar surface area (TPSA) is 96.0 Å². The number of anilines is 1. The summed E-state index contributed by atoms with van der Waals surface area (Å²) in [5.41, 5.74) is 0.995. The minimum atomic E-state index is -4.18. The molecule has 1 saturated carbocycles. The van der Waals surface area contributed by atoms with Crippen LogP contribution in [-0.4, -0.2) is 50.9 Å². The number of para-hydroxylation sites is 2. The molecule has 2 amide bonds. The van der Waals surface area contributed by atoms with Crippen LogP contribution < -0.4 is 14.4 Å². The van der Waals surface area contributed by atoms with Gasteiger partial charge in [-0.25, -0.2) is 8.42 Å². The van der Waals surface area contributed by atoms with Gasteiger partial charge in [-0.2, -0.15) is 0 Å². The molecule has 0 saturated heterocycles. The summed E-state index contributed by atoms with van der Waals surface area (Å²) in [5.74, 6) is -0.446. The van der Waals surface area contributed by atoms with Gasteiger partial charge in [-0.15, -0.1) is 0 Å². The van der Waals surface area contributed by atoms with E-state index in [1.54, 1.807) is 66.7 Å². The predicted molar refractivity (Wildman–Crippen MR) is 165 cm³/mol. The highest BCUT2D eigenvalue weighted by Gasteiger charge is 2.35. The molecule has 0 heterocycles. The second-order valence-corrected chi connectivity index (χ2v) is 12.7. The van der Waals surface area contributed by atoms with Crippen molar-refractivity contribution in [1.29, 1.82) is 0 Å². The van der Waals surface area contributed by atoms with E-state index in [1.807, 2.05) is 6.92 Å². The van der Waals surface area contributed by atoms with Crippen molar-refractivity contribution >= 4 is 39.1 Å². The van der Waals surface area contributed by atoms with Crippen LogP contribution in [0.1, 0.15) is 51.0 Å². The molecule has 1 unspecified atom stereocenters. The van der Waals surface area contributed by atoms with Gasteiger partial charge in [0.2, 0.25) is 11.8 Å². The van der Waals surface area contributed by atoms with E-state index in [0.717, 1.165) is 42.0 Å². The average molecular weight is 612 g/mol. The first-order valence-corrected chi connectivity index (χ1v) is 16.1. The van der Waals surface area contributed by atoms with Crippen LogP contribution in [0.4, 0.5) is 5.69 Å². The van der Waals surface area contributed by atoms with Gasteiger partial charge in [-0.3, -0.25) is 13.9 Å². The number of rotatable bonds is 12. The smallest absolute Gasteiger partial charge is 0.264 e. The molecule has 1 aliphatic rings. The number of methoxy groups -OCH3 is 1. The van der Waals surface area contributed by atoms with E-state index >= 15 is 0 Å². The number of hydrogen-bond donors (Lipinski definition) is 1. The molecule has 1 aliphatic carbocycles. The fourth-order valence-corrected chi connectivity index (χ4v) is 6.89. The minimum absolute atomic E-state index is 0.0371. The van der Waals surface area contributed by atoms with Gasteiger partial charge in [0.25, 0.3) is 10.0 Å². The standard InChI is InChI=1S/C32H38ClN3O5S/c1-3-28(32(38)34-26-12-6-4-7-13-26)35(22-24-18-20-25(33)21-19-24)31(37)23-36(29-16-10-11-17-30(29)41-2)42(39,40)27-14-8-5-9-15-27/h5,8-11,14-21,26,28H,3-4,6-7,12-13,22-23H2,1-2H3,(H,34,38). The Morgan fingerprint density at radius 2 is 1.60 bits per heavy atom. The van der Waals surface area contributed by atoms with Gasteiger partial charge in [-0.05, 0) is 61.2 Å². The first-order chi connectivity index (χ1) is 20.2. The lowest BCUT2D eigenvalue weighted by molar-refractivity contribution is -0.140. The Morgan fingerprint density at radius 3 is 2.24 bits per heavy atom. The van der Waals surface area contributed by atoms with Crippen molar-refractivity contribution in [2.45, 2.75) is 69.0 Å². The van der Waals surface area contributed by atoms with E-state index in [9.17, 15) is 18.0 Å². The number of benzene rings is 3. The number of sulfonamides is 1. The zero-order chi connectivity index (χ0) is 30.1. The second kappa shape index (κ2) is 14.6. The third-order valence-electron chi connectivity index (χ3n) is 7.57. The molecular weight excluding hydrogens is 574 g/mol. The lowest BCUT2D eigenvalue weighted by Crippen LogP contribution is -2.54. The third-order valence-corrected chi connectivity index (χ3v) is 9.59. The number of carbonyl (C=O) groups excluding carboxylic acids is 2. The van der Waals surface area contributed by atoms with E-state index in [-0.39, 0.29) is 29.1 Å². The lowest BCUT2D eigenvalue weighted by Gasteiger charge is -2.34. The number of halogens is 1. The van der Waals surface area contributed by atoms with E-state index in [0.29, 0.717) is 17.2 Å². The lowest BCUT2D eigenvalue weighted by atomic mass is 9.95. The fourth-order valence-electron chi connectivity index (χ4n) is 5.32. The molecule has 10 heteroatoms. The Balaban J connectivity index is 1.72. The summed E-state index contributed by atoms with van der Waals surface area (Å²) in [6.45, 7) is 1.43. The molecule has 0 aromatic heterocycles. The molecule has 1 fully saturated rings. The van der Waals surface area contributed by atoms with Crippen molar-refractivity contribution in [3.63, 3.8) is 0 Å². The highest BCUT2D eigenvalue weighted by molar-refractivity contribution is 7.92. The normalized spacial score (nSPS) is 14.5. The summed E-state index contributed by atoms with van der Waals surface area (Å²) < 4.78 is 34.5. The Morgan fingerprint density at radius 1 is 0.952 bits per heavy atom. The molecule has 0 spiro atoms. The highest BCUT2D eigenvalue weighted by Crippen LogP contribution is 2.32. The molecule has 0 radical (unpaired) electrons. The van der Waals surface area contributed by atoms with Crippen LogP contribution in [-0.2, 0) is 26.2 Å². The molecule has 8 nitrogen and oxygen atoms in total. The monoisotopic (exact) mass is 611 g/mol. The maximum Gasteiger partial charge on any atom is 0.264 e. The van der Waals surface area contributed by atoms with Crippen LogP contribution in [0.2, 0.25) is 5.02 Å². The molecule has 3 aromatic rings. The van der Waals surface area contributed by atoms with Gasteiger partial charge in [0.05, 0.1) is 17.7 Å². The van der Waals surface area contributed by atoms with Crippen LogP contribution in [0.3, 0.4) is 0 Å². The largest absolute Gasteiger partial charge is 0.495 e. The Bertz CT molecular complexity index is 1440. The summed E-state index contributed by atoms with van der Waals surface area (Å²) in [4.78, 5) is 29.4. The Labute approximate surface area is 253 Å².